The molecule has 2 rings (SSSR count). The largest absolute Gasteiger partial charge is 0.492 e. The summed E-state index contributed by atoms with van der Waals surface area (Å²) in [6.07, 6.45) is -0.0784. The zero-order valence-corrected chi connectivity index (χ0v) is 13.2. The van der Waals surface area contributed by atoms with Crippen LogP contribution in [0.2, 0.25) is 0 Å². The van der Waals surface area contributed by atoms with Crippen molar-refractivity contribution in [2.75, 3.05) is 25.0 Å². The molecular formula is C14H21FN6O3. The van der Waals surface area contributed by atoms with Crippen LogP contribution in [0, 0.1) is 10.8 Å². The highest BCUT2D eigenvalue weighted by atomic mass is 19.1. The molecule has 1 amide bonds. The molecule has 1 fully saturated rings. The first-order chi connectivity index (χ1) is 11.6. The van der Waals surface area contributed by atoms with Crippen molar-refractivity contribution in [2.45, 2.75) is 25.4 Å². The number of hydrogen-bond acceptors (Lipinski definition) is 8. The number of halogens is 1. The fourth-order valence-corrected chi connectivity index (χ4v) is 2.45. The number of nitrogens with zero attached hydrogens (tertiary/aromatic N) is 2. The Hall–Kier alpha value is -2.17. The summed E-state index contributed by atoms with van der Waals surface area (Å²) in [4.78, 5) is 27.4. The minimum Gasteiger partial charge on any atom is -0.492 e. The van der Waals surface area contributed by atoms with Gasteiger partial charge in [0.15, 0.2) is 6.17 Å². The van der Waals surface area contributed by atoms with Crippen molar-refractivity contribution in [3.8, 4) is 5.75 Å². The van der Waals surface area contributed by atoms with Gasteiger partial charge in [0.25, 0.3) is 0 Å². The SMILES string of the molecule is CCOc1ccncc1NC(=O)C(C(N)N=O)C1NCC(F)CN1. The smallest absolute Gasteiger partial charge is 0.234 e. The standard InChI is InChI=1S/C14H21FN6O3/c1-2-24-10-3-4-17-7-9(10)20-14(22)11(12(16)21-23)13-18-5-8(15)6-19-13/h3-4,7-8,11-13,18-19H,2,5-6,16H2,1H3,(H,20,22). The number of carbonyl (C=O) groups excluding carboxylic acids is 1. The second-order valence-corrected chi connectivity index (χ2v) is 5.31. The van der Waals surface area contributed by atoms with Crippen LogP contribution in [0.3, 0.4) is 0 Å². The first-order valence-corrected chi connectivity index (χ1v) is 7.63. The van der Waals surface area contributed by atoms with E-state index in [0.29, 0.717) is 18.0 Å². The number of nitrogens with one attached hydrogen (secondary N) is 3. The number of carbonyl (C=O) groups is 1. The molecule has 0 saturated carbocycles. The van der Waals surface area contributed by atoms with Crippen molar-refractivity contribution in [3.63, 3.8) is 0 Å². The summed E-state index contributed by atoms with van der Waals surface area (Å²) in [5.74, 6) is -1.12. The average molecular weight is 340 g/mol. The summed E-state index contributed by atoms with van der Waals surface area (Å²) < 4.78 is 18.6. The zero-order chi connectivity index (χ0) is 17.5. The molecular weight excluding hydrogens is 319 g/mol. The van der Waals surface area contributed by atoms with Crippen molar-refractivity contribution >= 4 is 11.6 Å². The number of rotatable bonds is 7. The second-order valence-electron chi connectivity index (χ2n) is 5.31. The molecule has 1 aliphatic heterocycles. The minimum atomic E-state index is -1.29. The van der Waals surface area contributed by atoms with Gasteiger partial charge in [-0.15, -0.1) is 4.91 Å². The van der Waals surface area contributed by atoms with E-state index in [1.165, 1.54) is 12.4 Å². The van der Waals surface area contributed by atoms with E-state index in [9.17, 15) is 14.1 Å². The number of hydrogen-bond donors (Lipinski definition) is 4. The Bertz CT molecular complexity index is 567. The molecule has 5 N–H and O–H groups in total. The quantitative estimate of drug-likeness (QED) is 0.512. The van der Waals surface area contributed by atoms with Gasteiger partial charge in [-0.25, -0.2) is 4.39 Å². The molecule has 0 aliphatic carbocycles. The van der Waals surface area contributed by atoms with Crippen LogP contribution in [0.4, 0.5) is 10.1 Å². The molecule has 1 aliphatic rings. The summed E-state index contributed by atoms with van der Waals surface area (Å²) in [7, 11) is 0. The fraction of sp³-hybridized carbons (Fsp3) is 0.571. The number of pyridine rings is 1. The first kappa shape index (κ1) is 18.2. The van der Waals surface area contributed by atoms with Gasteiger partial charge in [0.1, 0.15) is 23.5 Å². The van der Waals surface area contributed by atoms with Gasteiger partial charge in [-0.05, 0) is 6.92 Å². The van der Waals surface area contributed by atoms with Crippen LogP contribution in [0.1, 0.15) is 6.92 Å². The van der Waals surface area contributed by atoms with Crippen molar-refractivity contribution < 1.29 is 13.9 Å². The van der Waals surface area contributed by atoms with Gasteiger partial charge in [-0.2, -0.15) is 0 Å². The molecule has 0 bridgehead atoms. The fourth-order valence-electron chi connectivity index (χ4n) is 2.45. The van der Waals surface area contributed by atoms with Gasteiger partial charge in [-0.3, -0.25) is 20.4 Å². The maximum Gasteiger partial charge on any atom is 0.234 e. The van der Waals surface area contributed by atoms with Crippen LogP contribution in [-0.4, -0.2) is 49.1 Å². The van der Waals surface area contributed by atoms with Crippen LogP contribution in [-0.2, 0) is 4.79 Å². The van der Waals surface area contributed by atoms with Crippen molar-refractivity contribution in [2.24, 2.45) is 16.8 Å². The van der Waals surface area contributed by atoms with Gasteiger partial charge >= 0.3 is 0 Å². The van der Waals surface area contributed by atoms with Gasteiger partial charge < -0.3 is 15.8 Å². The van der Waals surface area contributed by atoms with Crippen LogP contribution < -0.4 is 26.4 Å². The number of nitroso groups, excluding NO2 is 1. The van der Waals surface area contributed by atoms with Gasteiger partial charge in [0, 0.05) is 25.4 Å². The predicted octanol–water partition coefficient (Wildman–Crippen LogP) is -0.0568. The molecule has 0 aromatic carbocycles. The van der Waals surface area contributed by atoms with Gasteiger partial charge in [-0.1, -0.05) is 5.18 Å². The predicted molar refractivity (Wildman–Crippen MR) is 86.0 cm³/mol. The van der Waals surface area contributed by atoms with Gasteiger partial charge in [0.2, 0.25) is 5.91 Å². The summed E-state index contributed by atoms with van der Waals surface area (Å²) in [6.45, 7) is 2.34. The Balaban J connectivity index is 2.15. The third-order valence-corrected chi connectivity index (χ3v) is 3.61. The Morgan fingerprint density at radius 1 is 1.58 bits per heavy atom. The molecule has 2 heterocycles. The Kier molecular flexibility index (Phi) is 6.53. The van der Waals surface area contributed by atoms with Crippen molar-refractivity contribution in [3.05, 3.63) is 23.4 Å². The molecule has 2 unspecified atom stereocenters. The summed E-state index contributed by atoms with van der Waals surface area (Å²) >= 11 is 0. The lowest BCUT2D eigenvalue weighted by molar-refractivity contribution is -0.122. The lowest BCUT2D eigenvalue weighted by Gasteiger charge is -2.33. The summed E-state index contributed by atoms with van der Waals surface area (Å²) in [5.41, 5.74) is 6.03. The third-order valence-electron chi connectivity index (χ3n) is 3.61. The number of amides is 1. The van der Waals surface area contributed by atoms with E-state index >= 15 is 0 Å². The number of ether oxygens (including phenoxy) is 1. The van der Waals surface area contributed by atoms with E-state index in [4.69, 9.17) is 10.5 Å². The zero-order valence-electron chi connectivity index (χ0n) is 13.2. The molecule has 1 aromatic rings. The highest BCUT2D eigenvalue weighted by molar-refractivity contribution is 5.94. The van der Waals surface area contributed by atoms with E-state index in [1.54, 1.807) is 6.07 Å². The van der Waals surface area contributed by atoms with E-state index in [-0.39, 0.29) is 13.1 Å². The molecule has 10 heteroatoms. The molecule has 0 radical (unpaired) electrons. The molecule has 1 saturated heterocycles. The van der Waals surface area contributed by atoms with Crippen LogP contribution in [0.15, 0.2) is 23.6 Å². The second kappa shape index (κ2) is 8.62. The molecule has 9 nitrogen and oxygen atoms in total. The highest BCUT2D eigenvalue weighted by Crippen LogP contribution is 2.24. The normalized spacial score (nSPS) is 23.1. The van der Waals surface area contributed by atoms with E-state index < -0.39 is 30.3 Å². The third kappa shape index (κ3) is 4.43. The van der Waals surface area contributed by atoms with Crippen LogP contribution in [0.5, 0.6) is 5.75 Å². The lowest BCUT2D eigenvalue weighted by Crippen LogP contribution is -2.62. The number of alkyl halides is 1. The van der Waals surface area contributed by atoms with Crippen molar-refractivity contribution in [1.29, 1.82) is 0 Å². The molecule has 24 heavy (non-hydrogen) atoms. The molecule has 2 atom stereocenters. The number of anilines is 1. The Morgan fingerprint density at radius 3 is 2.92 bits per heavy atom. The van der Waals surface area contributed by atoms with Gasteiger partial charge in [0.05, 0.1) is 19.0 Å². The van der Waals surface area contributed by atoms with E-state index in [2.05, 4.69) is 26.1 Å². The molecule has 1 aromatic heterocycles. The van der Waals surface area contributed by atoms with E-state index in [1.807, 2.05) is 6.92 Å². The minimum absolute atomic E-state index is 0.0596. The number of nitrogens with two attached hydrogens (primary N) is 1. The highest BCUT2D eigenvalue weighted by Gasteiger charge is 2.37. The maximum atomic E-state index is 13.2. The van der Waals surface area contributed by atoms with Crippen molar-refractivity contribution in [1.82, 2.24) is 15.6 Å². The summed E-state index contributed by atoms with van der Waals surface area (Å²) in [5, 5.41) is 11.0. The number of aromatic nitrogens is 1. The van der Waals surface area contributed by atoms with Crippen LogP contribution in [0.25, 0.3) is 0 Å². The summed E-state index contributed by atoms with van der Waals surface area (Å²) in [6, 6.07) is 1.61. The first-order valence-electron chi connectivity index (χ1n) is 7.63. The molecule has 0 spiro atoms. The maximum absolute atomic E-state index is 13.2. The Morgan fingerprint density at radius 2 is 2.29 bits per heavy atom. The molecule has 132 valence electrons. The average Bonchev–Trinajstić information content (AvgIpc) is 2.58. The topological polar surface area (TPSA) is 131 Å². The Labute approximate surface area is 138 Å². The van der Waals surface area contributed by atoms with E-state index in [0.717, 1.165) is 0 Å². The van der Waals surface area contributed by atoms with Crippen LogP contribution >= 0.6 is 0 Å². The lowest BCUT2D eigenvalue weighted by atomic mass is 9.99. The monoisotopic (exact) mass is 340 g/mol.